The Kier molecular flexibility index (Phi) is 7.01. The maximum absolute atomic E-state index is 12.7. The summed E-state index contributed by atoms with van der Waals surface area (Å²) >= 11 is 0. The van der Waals surface area contributed by atoms with Crippen LogP contribution in [0.25, 0.3) is 0 Å². The van der Waals surface area contributed by atoms with E-state index in [-0.39, 0.29) is 31.6 Å². The van der Waals surface area contributed by atoms with Gasteiger partial charge in [0.2, 0.25) is 0 Å². The molecule has 3 amide bonds. The lowest BCUT2D eigenvalue weighted by molar-refractivity contribution is -0.126. The van der Waals surface area contributed by atoms with Crippen molar-refractivity contribution in [1.82, 2.24) is 10.2 Å². The minimum Gasteiger partial charge on any atom is -0.489 e. The highest BCUT2D eigenvalue weighted by molar-refractivity contribution is 6.14. The van der Waals surface area contributed by atoms with Gasteiger partial charge in [0.05, 0.1) is 5.56 Å². The number of urea groups is 1. The van der Waals surface area contributed by atoms with Crippen LogP contribution in [0.2, 0.25) is 0 Å². The number of nitrogens with one attached hydrogen (secondary N) is 1. The highest BCUT2D eigenvalue weighted by atomic mass is 16.5. The second-order valence-corrected chi connectivity index (χ2v) is 6.93. The Bertz CT molecular complexity index is 928. The molecule has 0 bridgehead atoms. The third kappa shape index (κ3) is 4.76. The molecule has 0 spiro atoms. The van der Waals surface area contributed by atoms with Gasteiger partial charge in [-0.1, -0.05) is 30.3 Å². The molecule has 0 radical (unpaired) electrons. The summed E-state index contributed by atoms with van der Waals surface area (Å²) in [5.41, 5.74) is 1.09. The molecule has 0 aromatic heterocycles. The molecule has 2 aromatic carbocycles. The maximum atomic E-state index is 12.7. The summed E-state index contributed by atoms with van der Waals surface area (Å²) in [6.45, 7) is 2.50. The van der Waals surface area contributed by atoms with Crippen LogP contribution in [0, 0.1) is 11.3 Å². The van der Waals surface area contributed by atoms with E-state index in [1.807, 2.05) is 24.3 Å². The molecule has 0 saturated carbocycles. The molecule has 8 nitrogen and oxygen atoms in total. The summed E-state index contributed by atoms with van der Waals surface area (Å²) in [5.74, 6) is 0.171. The van der Waals surface area contributed by atoms with Gasteiger partial charge < -0.3 is 15.2 Å². The smallest absolute Gasteiger partial charge is 0.332 e. The molecule has 1 saturated heterocycles. The number of aliphatic hydroxyl groups excluding tert-OH is 1. The van der Waals surface area contributed by atoms with E-state index in [0.29, 0.717) is 23.5 Å². The fourth-order valence-electron chi connectivity index (χ4n) is 3.24. The monoisotopic (exact) mass is 408 g/mol. The normalized spacial score (nSPS) is 17.2. The van der Waals surface area contributed by atoms with Crippen molar-refractivity contribution >= 4 is 17.6 Å². The number of rotatable bonds is 9. The summed E-state index contributed by atoms with van der Waals surface area (Å²) in [7, 11) is 0. The predicted octanol–water partition coefficient (Wildman–Crippen LogP) is 1.74. The molecule has 1 heterocycles. The number of imide groups is 1. The standard InChI is InChI=1S/C22H24N4O4/c1-16-21(28)25(22(29)26(16)18-8-3-2-4-9-18)12-11-24-14-19(27)15-30-20-10-6-5-7-17(20)13-23/h2-10,16,19,24,27H,11-12,14-15H2,1H3. The zero-order valence-electron chi connectivity index (χ0n) is 16.7. The first-order chi connectivity index (χ1) is 14.5. The van der Waals surface area contributed by atoms with E-state index in [9.17, 15) is 14.7 Å². The SMILES string of the molecule is CC1C(=O)N(CCNCC(O)COc2ccccc2C#N)C(=O)N1c1ccccc1. The predicted molar refractivity (Wildman–Crippen MR) is 111 cm³/mol. The zero-order valence-corrected chi connectivity index (χ0v) is 16.7. The van der Waals surface area contributed by atoms with Crippen molar-refractivity contribution in [2.24, 2.45) is 0 Å². The van der Waals surface area contributed by atoms with E-state index < -0.39 is 12.1 Å². The average molecular weight is 408 g/mol. The van der Waals surface area contributed by atoms with Crippen LogP contribution in [0.15, 0.2) is 54.6 Å². The molecule has 156 valence electrons. The van der Waals surface area contributed by atoms with Crippen LogP contribution in [0.3, 0.4) is 0 Å². The number of amides is 3. The first-order valence-electron chi connectivity index (χ1n) is 9.73. The third-order valence-corrected chi connectivity index (χ3v) is 4.81. The molecule has 1 fully saturated rings. The fourth-order valence-corrected chi connectivity index (χ4v) is 3.24. The molecule has 3 rings (SSSR count). The van der Waals surface area contributed by atoms with Crippen molar-refractivity contribution in [2.75, 3.05) is 31.1 Å². The van der Waals surface area contributed by atoms with Crippen LogP contribution in [0.4, 0.5) is 10.5 Å². The van der Waals surface area contributed by atoms with Crippen molar-refractivity contribution in [3.8, 4) is 11.8 Å². The van der Waals surface area contributed by atoms with Crippen LogP contribution >= 0.6 is 0 Å². The topological polar surface area (TPSA) is 106 Å². The van der Waals surface area contributed by atoms with Crippen LogP contribution in [-0.2, 0) is 4.79 Å². The molecular weight excluding hydrogens is 384 g/mol. The summed E-state index contributed by atoms with van der Waals surface area (Å²) in [6, 6.07) is 17.0. The Hall–Kier alpha value is -3.41. The lowest BCUT2D eigenvalue weighted by atomic mass is 10.2. The Labute approximate surface area is 175 Å². The lowest BCUT2D eigenvalue weighted by Crippen LogP contribution is -2.40. The van der Waals surface area contributed by atoms with Gasteiger partial charge in [-0.15, -0.1) is 0 Å². The summed E-state index contributed by atoms with van der Waals surface area (Å²) < 4.78 is 5.49. The minimum absolute atomic E-state index is 0.0199. The fraction of sp³-hybridized carbons (Fsp3) is 0.318. The number of ether oxygens (including phenoxy) is 1. The Morgan fingerprint density at radius 1 is 1.17 bits per heavy atom. The van der Waals surface area contributed by atoms with Crippen molar-refractivity contribution in [3.63, 3.8) is 0 Å². The highest BCUT2D eigenvalue weighted by Crippen LogP contribution is 2.25. The first-order valence-corrected chi connectivity index (χ1v) is 9.73. The van der Waals surface area contributed by atoms with Crippen LogP contribution in [0.5, 0.6) is 5.75 Å². The largest absolute Gasteiger partial charge is 0.489 e. The van der Waals surface area contributed by atoms with E-state index >= 15 is 0 Å². The number of nitrogens with zero attached hydrogens (tertiary/aromatic N) is 3. The number of carbonyl (C=O) groups is 2. The molecular formula is C22H24N4O4. The van der Waals surface area contributed by atoms with Gasteiger partial charge in [-0.05, 0) is 31.2 Å². The van der Waals surface area contributed by atoms with Crippen LogP contribution in [-0.4, -0.2) is 60.3 Å². The van der Waals surface area contributed by atoms with Gasteiger partial charge >= 0.3 is 6.03 Å². The Balaban J connectivity index is 1.44. The summed E-state index contributed by atoms with van der Waals surface area (Å²) in [6.07, 6.45) is -0.804. The van der Waals surface area contributed by atoms with E-state index in [1.54, 1.807) is 43.3 Å². The van der Waals surface area contributed by atoms with Gasteiger partial charge in [-0.2, -0.15) is 5.26 Å². The maximum Gasteiger partial charge on any atom is 0.332 e. The third-order valence-electron chi connectivity index (χ3n) is 4.81. The Morgan fingerprint density at radius 2 is 1.87 bits per heavy atom. The van der Waals surface area contributed by atoms with Gasteiger partial charge in [-0.25, -0.2) is 4.79 Å². The van der Waals surface area contributed by atoms with E-state index in [2.05, 4.69) is 5.32 Å². The molecule has 30 heavy (non-hydrogen) atoms. The number of nitriles is 1. The van der Waals surface area contributed by atoms with E-state index in [1.165, 1.54) is 9.80 Å². The highest BCUT2D eigenvalue weighted by Gasteiger charge is 2.42. The summed E-state index contributed by atoms with van der Waals surface area (Å²) in [4.78, 5) is 27.9. The molecule has 1 aliphatic heterocycles. The molecule has 8 heteroatoms. The number of benzene rings is 2. The second-order valence-electron chi connectivity index (χ2n) is 6.93. The van der Waals surface area contributed by atoms with E-state index in [0.717, 1.165) is 0 Å². The quantitative estimate of drug-likeness (QED) is 0.484. The first kappa shape index (κ1) is 21.3. The van der Waals surface area contributed by atoms with Gasteiger partial charge in [-0.3, -0.25) is 14.6 Å². The number of hydrogen-bond acceptors (Lipinski definition) is 6. The Morgan fingerprint density at radius 3 is 2.60 bits per heavy atom. The molecule has 2 aromatic rings. The van der Waals surface area contributed by atoms with Gasteiger partial charge in [0, 0.05) is 25.3 Å². The van der Waals surface area contributed by atoms with Crippen molar-refractivity contribution in [2.45, 2.75) is 19.1 Å². The van der Waals surface area contributed by atoms with E-state index in [4.69, 9.17) is 10.00 Å². The molecule has 0 aliphatic carbocycles. The van der Waals surface area contributed by atoms with Crippen molar-refractivity contribution in [3.05, 3.63) is 60.2 Å². The number of aliphatic hydroxyl groups is 1. The van der Waals surface area contributed by atoms with Crippen LogP contribution in [0.1, 0.15) is 12.5 Å². The van der Waals surface area contributed by atoms with Gasteiger partial charge in [0.1, 0.15) is 30.6 Å². The lowest BCUT2D eigenvalue weighted by Gasteiger charge is -2.19. The number of hydrogen-bond donors (Lipinski definition) is 2. The second kappa shape index (κ2) is 9.87. The van der Waals surface area contributed by atoms with Crippen molar-refractivity contribution in [1.29, 1.82) is 5.26 Å². The molecule has 2 unspecified atom stereocenters. The molecule has 1 aliphatic rings. The number of carbonyl (C=O) groups excluding carboxylic acids is 2. The number of para-hydroxylation sites is 2. The molecule has 2 atom stereocenters. The summed E-state index contributed by atoms with van der Waals surface area (Å²) in [5, 5.41) is 22.2. The number of anilines is 1. The van der Waals surface area contributed by atoms with Gasteiger partial charge in [0.15, 0.2) is 0 Å². The van der Waals surface area contributed by atoms with Gasteiger partial charge in [0.25, 0.3) is 5.91 Å². The zero-order chi connectivity index (χ0) is 21.5. The molecule has 2 N–H and O–H groups in total. The van der Waals surface area contributed by atoms with Crippen molar-refractivity contribution < 1.29 is 19.4 Å². The average Bonchev–Trinajstić information content (AvgIpc) is 2.98. The minimum atomic E-state index is -0.804. The van der Waals surface area contributed by atoms with Crippen LogP contribution < -0.4 is 15.0 Å².